The van der Waals surface area contributed by atoms with Crippen LogP contribution in [0, 0.1) is 0 Å². The molecule has 0 bridgehead atoms. The second kappa shape index (κ2) is 3.66. The predicted octanol–water partition coefficient (Wildman–Crippen LogP) is 1.18. The molecule has 1 aliphatic heterocycles. The number of ether oxygens (including phenoxy) is 2. The quantitative estimate of drug-likeness (QED) is 0.763. The van der Waals surface area contributed by atoms with E-state index in [0.29, 0.717) is 17.1 Å². The Hall–Kier alpha value is -1.22. The Balaban J connectivity index is 2.20. The molecule has 0 saturated heterocycles. The van der Waals surface area contributed by atoms with Crippen molar-refractivity contribution in [1.82, 2.24) is 5.32 Å². The first-order valence-electron chi connectivity index (χ1n) is 6.01. The van der Waals surface area contributed by atoms with Gasteiger partial charge in [0.05, 0.1) is 0 Å². The summed E-state index contributed by atoms with van der Waals surface area (Å²) in [6.45, 7) is -3.64. The van der Waals surface area contributed by atoms with E-state index in [1.807, 2.05) is 0 Å². The molecule has 13 heavy (non-hydrogen) atoms. The summed E-state index contributed by atoms with van der Waals surface area (Å²) in [7, 11) is 1.55. The van der Waals surface area contributed by atoms with E-state index in [4.69, 9.17) is 15.0 Å². The topological polar surface area (TPSA) is 30.5 Å². The first-order chi connectivity index (χ1) is 7.81. The monoisotopic (exact) mass is 183 g/mol. The zero-order chi connectivity index (χ0) is 12.7. The molecule has 0 fully saturated rings. The zero-order valence-corrected chi connectivity index (χ0v) is 7.26. The van der Waals surface area contributed by atoms with E-state index in [1.54, 1.807) is 25.2 Å². The zero-order valence-electron chi connectivity index (χ0n) is 11.3. The summed E-state index contributed by atoms with van der Waals surface area (Å²) in [5.41, 5.74) is 0.712. The molecule has 1 aromatic carbocycles. The van der Waals surface area contributed by atoms with Crippen LogP contribution in [0.1, 0.15) is 11.0 Å². The van der Waals surface area contributed by atoms with Crippen LogP contribution >= 0.6 is 0 Å². The maximum atomic E-state index is 7.60. The lowest BCUT2D eigenvalue weighted by Gasteiger charge is -2.01. The predicted molar refractivity (Wildman–Crippen MR) is 50.2 cm³/mol. The normalized spacial score (nSPS) is 22.8. The molecule has 70 valence electrons. The SMILES string of the molecule is [2H]C([2H])(Cc1ccc2c(c1)OC([2H])([2H])O2)NC. The van der Waals surface area contributed by atoms with Gasteiger partial charge in [-0.15, -0.1) is 0 Å². The molecule has 3 heteroatoms. The molecule has 0 atom stereocenters. The molecule has 3 nitrogen and oxygen atoms in total. The van der Waals surface area contributed by atoms with Gasteiger partial charge in [0.25, 0.3) is 0 Å². The Morgan fingerprint density at radius 3 is 3.23 bits per heavy atom. The lowest BCUT2D eigenvalue weighted by molar-refractivity contribution is 0.174. The fourth-order valence-electron chi connectivity index (χ4n) is 1.13. The van der Waals surface area contributed by atoms with Gasteiger partial charge in [0.15, 0.2) is 11.5 Å². The summed E-state index contributed by atoms with van der Waals surface area (Å²) in [6.07, 6.45) is 0.170. The van der Waals surface area contributed by atoms with Crippen molar-refractivity contribution in [3.63, 3.8) is 0 Å². The lowest BCUT2D eigenvalue weighted by atomic mass is 10.1. The Bertz CT molecular complexity index is 436. The number of hydrogen-bond donors (Lipinski definition) is 1. The van der Waals surface area contributed by atoms with Crippen molar-refractivity contribution in [2.24, 2.45) is 0 Å². The van der Waals surface area contributed by atoms with Gasteiger partial charge in [-0.3, -0.25) is 0 Å². The molecule has 1 aliphatic rings. The van der Waals surface area contributed by atoms with Crippen LogP contribution in [-0.2, 0) is 6.42 Å². The van der Waals surface area contributed by atoms with E-state index in [2.05, 4.69) is 5.32 Å². The first kappa shape index (κ1) is 4.86. The highest BCUT2D eigenvalue weighted by molar-refractivity contribution is 5.44. The van der Waals surface area contributed by atoms with Gasteiger partial charge in [0.2, 0.25) is 6.75 Å². The van der Waals surface area contributed by atoms with Gasteiger partial charge in [0.1, 0.15) is 2.74 Å². The Kier molecular flexibility index (Phi) is 1.37. The Labute approximate surface area is 83.3 Å². The van der Waals surface area contributed by atoms with Crippen LogP contribution in [0.15, 0.2) is 18.2 Å². The van der Waals surface area contributed by atoms with Crippen LogP contribution in [0.3, 0.4) is 0 Å². The van der Waals surface area contributed by atoms with Crippen LogP contribution in [0.4, 0.5) is 0 Å². The maximum Gasteiger partial charge on any atom is 0.231 e. The van der Waals surface area contributed by atoms with E-state index >= 15 is 0 Å². The average Bonchev–Trinajstić information content (AvgIpc) is 2.50. The van der Waals surface area contributed by atoms with Crippen LogP contribution in [0.25, 0.3) is 0 Å². The van der Waals surface area contributed by atoms with Gasteiger partial charge >= 0.3 is 0 Å². The number of nitrogens with one attached hydrogen (secondary N) is 1. The minimum atomic E-state index is -2.14. The van der Waals surface area contributed by atoms with Crippen LogP contribution < -0.4 is 14.8 Å². The lowest BCUT2D eigenvalue weighted by Crippen LogP contribution is -2.10. The van der Waals surface area contributed by atoms with Gasteiger partial charge in [0, 0.05) is 2.74 Å². The van der Waals surface area contributed by atoms with Gasteiger partial charge < -0.3 is 14.8 Å². The minimum Gasteiger partial charge on any atom is -0.454 e. The van der Waals surface area contributed by atoms with Gasteiger partial charge in [-0.2, -0.15) is 0 Å². The third-order valence-electron chi connectivity index (χ3n) is 1.78. The number of fused-ring (bicyclic) bond motifs is 1. The molecule has 0 aliphatic carbocycles. The second-order valence-corrected chi connectivity index (χ2v) is 2.67. The van der Waals surface area contributed by atoms with E-state index < -0.39 is 13.2 Å². The average molecular weight is 183 g/mol. The van der Waals surface area contributed by atoms with E-state index in [0.717, 1.165) is 0 Å². The smallest absolute Gasteiger partial charge is 0.231 e. The highest BCUT2D eigenvalue weighted by atomic mass is 16.7. The molecular formula is C10H13NO2. The molecule has 2 rings (SSSR count). The Morgan fingerprint density at radius 1 is 1.54 bits per heavy atom. The first-order valence-corrected chi connectivity index (χ1v) is 4.01. The number of hydrogen-bond acceptors (Lipinski definition) is 3. The number of rotatable bonds is 3. The maximum absolute atomic E-state index is 7.60. The van der Waals surface area contributed by atoms with Crippen molar-refractivity contribution < 1.29 is 15.0 Å². The van der Waals surface area contributed by atoms with Crippen LogP contribution in [0.5, 0.6) is 11.5 Å². The van der Waals surface area contributed by atoms with Crippen molar-refractivity contribution in [3.8, 4) is 11.5 Å². The standard InChI is InChI=1S/C10H13NO2/c1-11-5-4-8-2-3-9-10(6-8)13-7-12-9/h2-3,6,11H,4-5,7H2,1H3/i5D2,7D2. The van der Waals surface area contributed by atoms with E-state index in [1.165, 1.54) is 0 Å². The van der Waals surface area contributed by atoms with Crippen molar-refractivity contribution in [3.05, 3.63) is 23.8 Å². The number of benzene rings is 1. The molecule has 0 saturated carbocycles. The van der Waals surface area contributed by atoms with Crippen molar-refractivity contribution >= 4 is 0 Å². The molecule has 1 N–H and O–H groups in total. The summed E-state index contributed by atoms with van der Waals surface area (Å²) in [5, 5.41) is 2.56. The van der Waals surface area contributed by atoms with Gasteiger partial charge in [-0.05, 0) is 37.7 Å². The fraction of sp³-hybridized carbons (Fsp3) is 0.400. The van der Waals surface area contributed by atoms with Crippen LogP contribution in [-0.4, -0.2) is 20.3 Å². The summed E-state index contributed by atoms with van der Waals surface area (Å²) >= 11 is 0. The fourth-order valence-corrected chi connectivity index (χ4v) is 1.13. The summed E-state index contributed by atoms with van der Waals surface area (Å²) in [5.74, 6) is 0.642. The van der Waals surface area contributed by atoms with E-state index in [-0.39, 0.29) is 6.42 Å². The molecular weight excluding hydrogens is 166 g/mol. The number of likely N-dealkylation sites (N-methyl/N-ethyl adjacent to an activating group) is 1. The molecule has 0 unspecified atom stereocenters. The molecule has 1 aromatic rings. The van der Waals surface area contributed by atoms with Gasteiger partial charge in [-0.25, -0.2) is 0 Å². The molecule has 0 aromatic heterocycles. The van der Waals surface area contributed by atoms with Crippen molar-refractivity contribution in [2.45, 2.75) is 6.42 Å². The molecule has 0 radical (unpaired) electrons. The third kappa shape index (κ3) is 1.75. The summed E-state index contributed by atoms with van der Waals surface area (Å²) in [4.78, 5) is 0. The highest BCUT2D eigenvalue weighted by Gasteiger charge is 2.12. The van der Waals surface area contributed by atoms with Crippen LogP contribution in [0.2, 0.25) is 0 Å². The summed E-state index contributed by atoms with van der Waals surface area (Å²) < 4.78 is 39.6. The molecule has 1 heterocycles. The Morgan fingerprint density at radius 2 is 2.38 bits per heavy atom. The highest BCUT2D eigenvalue weighted by Crippen LogP contribution is 2.32. The van der Waals surface area contributed by atoms with Gasteiger partial charge in [-0.1, -0.05) is 6.07 Å². The third-order valence-corrected chi connectivity index (χ3v) is 1.78. The van der Waals surface area contributed by atoms with Crippen molar-refractivity contribution in [2.75, 3.05) is 20.3 Å². The molecule has 0 amide bonds. The van der Waals surface area contributed by atoms with Crippen molar-refractivity contribution in [1.29, 1.82) is 0 Å². The largest absolute Gasteiger partial charge is 0.454 e. The molecule has 0 spiro atoms. The second-order valence-electron chi connectivity index (χ2n) is 2.67. The minimum absolute atomic E-state index is 0.170. The summed E-state index contributed by atoms with van der Waals surface area (Å²) in [6, 6.07) is 4.87. The number of aryl methyl sites for hydroxylation is 1. The van der Waals surface area contributed by atoms with E-state index in [9.17, 15) is 0 Å².